The van der Waals surface area contributed by atoms with Crippen molar-refractivity contribution in [1.29, 1.82) is 0 Å². The first kappa shape index (κ1) is 15.4. The van der Waals surface area contributed by atoms with Gasteiger partial charge in [-0.2, -0.15) is 0 Å². The molecule has 1 aromatic rings. The Morgan fingerprint density at radius 3 is 2.00 bits per heavy atom. The Morgan fingerprint density at radius 1 is 1.00 bits per heavy atom. The van der Waals surface area contributed by atoms with Crippen molar-refractivity contribution in [2.45, 2.75) is 58.7 Å². The minimum atomic E-state index is -0.340. The Hall–Kier alpha value is -0.995. The third-order valence-electron chi connectivity index (χ3n) is 4.38. The van der Waals surface area contributed by atoms with E-state index in [4.69, 9.17) is 14.0 Å². The topological polar surface area (TPSA) is 27.7 Å². The molecule has 0 unspecified atom stereocenters. The van der Waals surface area contributed by atoms with Crippen LogP contribution in [-0.4, -0.2) is 25.4 Å². The van der Waals surface area contributed by atoms with Crippen molar-refractivity contribution < 1.29 is 14.0 Å². The number of benzene rings is 1. The van der Waals surface area contributed by atoms with Gasteiger partial charge in [-0.05, 0) is 56.8 Å². The van der Waals surface area contributed by atoms with Crippen molar-refractivity contribution in [3.63, 3.8) is 0 Å². The minimum absolute atomic E-state index is 0.321. The molecule has 0 aromatic heterocycles. The summed E-state index contributed by atoms with van der Waals surface area (Å²) in [5.41, 5.74) is 1.61. The molecule has 4 heteroatoms. The SMILES string of the molecule is COc1cc(B2OC(C)(C)C(C)(C)O2)cc(C(C)C)c1. The maximum absolute atomic E-state index is 6.11. The lowest BCUT2D eigenvalue weighted by Crippen LogP contribution is -2.41. The molecule has 3 nitrogen and oxygen atoms in total. The van der Waals surface area contributed by atoms with E-state index in [1.54, 1.807) is 7.11 Å². The van der Waals surface area contributed by atoms with E-state index in [0.717, 1.165) is 11.2 Å². The molecular formula is C16H25BO3. The smallest absolute Gasteiger partial charge is 0.494 e. The quantitative estimate of drug-likeness (QED) is 0.794. The van der Waals surface area contributed by atoms with Crippen LogP contribution in [0.25, 0.3) is 0 Å². The third-order valence-corrected chi connectivity index (χ3v) is 4.38. The molecule has 1 aliphatic heterocycles. The third kappa shape index (κ3) is 2.72. The summed E-state index contributed by atoms with van der Waals surface area (Å²) in [6.45, 7) is 12.6. The van der Waals surface area contributed by atoms with Gasteiger partial charge in [-0.3, -0.25) is 0 Å². The van der Waals surface area contributed by atoms with Crippen LogP contribution in [0, 0.1) is 0 Å². The van der Waals surface area contributed by atoms with Crippen molar-refractivity contribution in [1.82, 2.24) is 0 Å². The van der Waals surface area contributed by atoms with Crippen LogP contribution in [-0.2, 0) is 9.31 Å². The maximum Gasteiger partial charge on any atom is 0.494 e. The summed E-state index contributed by atoms with van der Waals surface area (Å²) in [5.74, 6) is 1.28. The van der Waals surface area contributed by atoms with Gasteiger partial charge >= 0.3 is 7.12 Å². The molecule has 1 fully saturated rings. The van der Waals surface area contributed by atoms with Crippen molar-refractivity contribution in [3.8, 4) is 5.75 Å². The summed E-state index contributed by atoms with van der Waals surface area (Å²) in [6.07, 6.45) is 0. The van der Waals surface area contributed by atoms with Crippen molar-refractivity contribution in [2.24, 2.45) is 0 Å². The highest BCUT2D eigenvalue weighted by Gasteiger charge is 2.51. The van der Waals surface area contributed by atoms with Crippen molar-refractivity contribution >= 4 is 12.6 Å². The van der Waals surface area contributed by atoms with Crippen LogP contribution in [0.2, 0.25) is 0 Å². The van der Waals surface area contributed by atoms with Crippen LogP contribution in [0.5, 0.6) is 5.75 Å². The molecule has 110 valence electrons. The number of ether oxygens (including phenoxy) is 1. The summed E-state index contributed by atoms with van der Waals surface area (Å²) in [4.78, 5) is 0. The number of methoxy groups -OCH3 is 1. The standard InChI is InChI=1S/C16H25BO3/c1-11(2)12-8-13(10-14(9-12)18-7)17-19-15(3,4)16(5,6)20-17/h8-11H,1-7H3. The van der Waals surface area contributed by atoms with Gasteiger partial charge in [0.15, 0.2) is 0 Å². The molecule has 2 rings (SSSR count). The Bertz CT molecular complexity index is 478. The average Bonchev–Trinajstić information content (AvgIpc) is 2.58. The van der Waals surface area contributed by atoms with E-state index in [1.807, 2.05) is 6.07 Å². The Kier molecular flexibility index (Phi) is 3.91. The molecule has 0 aliphatic carbocycles. The van der Waals surface area contributed by atoms with Gasteiger partial charge in [-0.15, -0.1) is 0 Å². The lowest BCUT2D eigenvalue weighted by Gasteiger charge is -2.32. The highest BCUT2D eigenvalue weighted by atomic mass is 16.7. The van der Waals surface area contributed by atoms with E-state index in [0.29, 0.717) is 5.92 Å². The summed E-state index contributed by atoms with van der Waals surface area (Å²) in [7, 11) is 1.35. The van der Waals surface area contributed by atoms with Crippen molar-refractivity contribution in [2.75, 3.05) is 7.11 Å². The average molecular weight is 276 g/mol. The number of hydrogen-bond donors (Lipinski definition) is 0. The van der Waals surface area contributed by atoms with Gasteiger partial charge in [-0.1, -0.05) is 19.9 Å². The second kappa shape index (κ2) is 5.08. The molecule has 0 amide bonds. The van der Waals surface area contributed by atoms with E-state index in [1.165, 1.54) is 5.56 Å². The second-order valence-electron chi connectivity index (χ2n) is 6.78. The van der Waals surface area contributed by atoms with Crippen LogP contribution in [0.4, 0.5) is 0 Å². The predicted molar refractivity (Wildman–Crippen MR) is 82.8 cm³/mol. The van der Waals surface area contributed by atoms with Gasteiger partial charge in [0.1, 0.15) is 5.75 Å². The normalized spacial score (nSPS) is 20.5. The van der Waals surface area contributed by atoms with E-state index in [2.05, 4.69) is 53.7 Å². The zero-order valence-electron chi connectivity index (χ0n) is 13.6. The van der Waals surface area contributed by atoms with Crippen LogP contribution in [0.15, 0.2) is 18.2 Å². The molecule has 0 N–H and O–H groups in total. The van der Waals surface area contributed by atoms with E-state index in [9.17, 15) is 0 Å². The van der Waals surface area contributed by atoms with Gasteiger partial charge in [0.25, 0.3) is 0 Å². The van der Waals surface area contributed by atoms with Gasteiger partial charge in [-0.25, -0.2) is 0 Å². The Labute approximate surface area is 122 Å². The maximum atomic E-state index is 6.11. The molecule has 0 atom stereocenters. The number of rotatable bonds is 3. The molecule has 1 aromatic carbocycles. The summed E-state index contributed by atoms with van der Waals surface area (Å²) in [6, 6.07) is 6.21. The van der Waals surface area contributed by atoms with Gasteiger partial charge in [0, 0.05) is 0 Å². The second-order valence-corrected chi connectivity index (χ2v) is 6.78. The predicted octanol–water partition coefficient (Wildman–Crippen LogP) is 3.12. The Balaban J connectivity index is 2.37. The summed E-state index contributed by atoms with van der Waals surface area (Å²) in [5, 5.41) is 0. The zero-order chi connectivity index (χ0) is 15.1. The molecule has 1 heterocycles. The van der Waals surface area contributed by atoms with E-state index < -0.39 is 0 Å². The molecular weight excluding hydrogens is 251 g/mol. The molecule has 1 aliphatic rings. The fourth-order valence-electron chi connectivity index (χ4n) is 2.21. The lowest BCUT2D eigenvalue weighted by atomic mass is 9.77. The Morgan fingerprint density at radius 2 is 1.55 bits per heavy atom. The first-order valence-electron chi connectivity index (χ1n) is 7.21. The summed E-state index contributed by atoms with van der Waals surface area (Å²) < 4.78 is 17.6. The highest BCUT2D eigenvalue weighted by Crippen LogP contribution is 2.36. The fourth-order valence-corrected chi connectivity index (χ4v) is 2.21. The highest BCUT2D eigenvalue weighted by molar-refractivity contribution is 6.62. The van der Waals surface area contributed by atoms with Gasteiger partial charge in [0.05, 0.1) is 18.3 Å². The van der Waals surface area contributed by atoms with Crippen LogP contribution in [0.3, 0.4) is 0 Å². The fraction of sp³-hybridized carbons (Fsp3) is 0.625. The molecule has 0 saturated carbocycles. The summed E-state index contributed by atoms with van der Waals surface area (Å²) >= 11 is 0. The number of hydrogen-bond acceptors (Lipinski definition) is 3. The van der Waals surface area contributed by atoms with Crippen LogP contribution < -0.4 is 10.2 Å². The molecule has 1 saturated heterocycles. The first-order valence-corrected chi connectivity index (χ1v) is 7.21. The largest absolute Gasteiger partial charge is 0.497 e. The van der Waals surface area contributed by atoms with Gasteiger partial charge in [0.2, 0.25) is 0 Å². The monoisotopic (exact) mass is 276 g/mol. The van der Waals surface area contributed by atoms with Crippen molar-refractivity contribution in [3.05, 3.63) is 23.8 Å². The molecule has 0 spiro atoms. The first-order chi connectivity index (χ1) is 9.16. The van der Waals surface area contributed by atoms with E-state index in [-0.39, 0.29) is 18.3 Å². The lowest BCUT2D eigenvalue weighted by molar-refractivity contribution is 0.00578. The van der Waals surface area contributed by atoms with Crippen LogP contribution >= 0.6 is 0 Å². The molecule has 0 radical (unpaired) electrons. The van der Waals surface area contributed by atoms with E-state index >= 15 is 0 Å². The van der Waals surface area contributed by atoms with Crippen LogP contribution in [0.1, 0.15) is 53.0 Å². The minimum Gasteiger partial charge on any atom is -0.497 e. The zero-order valence-corrected chi connectivity index (χ0v) is 13.6. The molecule has 0 bridgehead atoms. The molecule has 20 heavy (non-hydrogen) atoms. The van der Waals surface area contributed by atoms with Gasteiger partial charge < -0.3 is 14.0 Å².